The molecule has 0 bridgehead atoms. The number of rotatable bonds is 0. The number of Topliss-reactive ketones (excluding diaryl/α,β-unsaturated/α-hetero) is 1. The molecule has 0 aromatic rings. The monoisotopic (exact) mass is 329 g/mol. The Morgan fingerprint density at radius 2 is 2.00 bits per heavy atom. The van der Waals surface area contributed by atoms with E-state index in [1.54, 1.807) is 0 Å². The predicted molar refractivity (Wildman–Crippen MR) is 90.6 cm³/mol. The summed E-state index contributed by atoms with van der Waals surface area (Å²) in [5.41, 5.74) is 2.91. The quantitative estimate of drug-likeness (QED) is 0.577. The summed E-state index contributed by atoms with van der Waals surface area (Å²) in [5, 5.41) is 9.67. The molecule has 0 unspecified atom stereocenters. The van der Waals surface area contributed by atoms with Gasteiger partial charge in [-0.3, -0.25) is 4.79 Å². The highest BCUT2D eigenvalue weighted by Crippen LogP contribution is 2.63. The van der Waals surface area contributed by atoms with Gasteiger partial charge in [-0.05, 0) is 79.6 Å². The average molecular weight is 330 g/mol. The fourth-order valence-corrected chi connectivity index (χ4v) is 6.73. The number of nitriles is 1. The van der Waals surface area contributed by atoms with Gasteiger partial charge in [0.2, 0.25) is 0 Å². The van der Waals surface area contributed by atoms with E-state index in [1.807, 2.05) is 6.08 Å². The van der Waals surface area contributed by atoms with Gasteiger partial charge >= 0.3 is 0 Å². The maximum absolute atomic E-state index is 11.9. The first kappa shape index (κ1) is 15.5. The van der Waals surface area contributed by atoms with Gasteiger partial charge in [0.1, 0.15) is 0 Å². The van der Waals surface area contributed by atoms with E-state index in [4.69, 9.17) is 16.9 Å². The second kappa shape index (κ2) is 5.49. The topological polar surface area (TPSA) is 40.9 Å². The lowest BCUT2D eigenvalue weighted by Gasteiger charge is -2.53. The second-order valence-electron chi connectivity index (χ2n) is 8.17. The van der Waals surface area contributed by atoms with E-state index in [2.05, 4.69) is 13.0 Å². The third kappa shape index (κ3) is 2.16. The maximum atomic E-state index is 11.9. The Kier molecular flexibility index (Phi) is 3.69. The molecule has 4 aliphatic carbocycles. The van der Waals surface area contributed by atoms with Crippen LogP contribution in [0.25, 0.3) is 0 Å². The molecule has 0 N–H and O–H groups in total. The van der Waals surface area contributed by atoms with Crippen molar-refractivity contribution in [2.75, 3.05) is 0 Å². The summed E-state index contributed by atoms with van der Waals surface area (Å²) in [6.45, 7) is 2.40. The lowest BCUT2D eigenvalue weighted by Crippen LogP contribution is -2.45. The molecular weight excluding hydrogens is 306 g/mol. The van der Waals surface area contributed by atoms with Crippen molar-refractivity contribution in [1.29, 1.82) is 5.26 Å². The zero-order valence-corrected chi connectivity index (χ0v) is 14.5. The first-order chi connectivity index (χ1) is 11.1. The van der Waals surface area contributed by atoms with Crippen molar-refractivity contribution in [2.45, 2.75) is 58.3 Å². The van der Waals surface area contributed by atoms with Crippen LogP contribution in [0, 0.1) is 40.4 Å². The molecule has 122 valence electrons. The Balaban J connectivity index is 1.66. The van der Waals surface area contributed by atoms with E-state index < -0.39 is 0 Å². The number of ketones is 1. The SMILES string of the molecule is C[C@]12CC[C@H]3[C@@H](CCC4=C(Cl)C(=O)CC[C@@H]43)[C@@H]1CCC2=CC#N. The summed E-state index contributed by atoms with van der Waals surface area (Å²) in [6, 6.07) is 2.27. The molecule has 0 heterocycles. The third-order valence-electron chi connectivity index (χ3n) is 7.50. The number of halogens is 1. The molecule has 0 aliphatic heterocycles. The van der Waals surface area contributed by atoms with Crippen molar-refractivity contribution in [3.05, 3.63) is 22.3 Å². The van der Waals surface area contributed by atoms with E-state index in [0.717, 1.165) is 31.1 Å². The van der Waals surface area contributed by atoms with Crippen LogP contribution in [0.1, 0.15) is 58.3 Å². The minimum atomic E-state index is 0.164. The molecule has 3 fully saturated rings. The molecule has 5 atom stereocenters. The number of hydrogen-bond acceptors (Lipinski definition) is 2. The van der Waals surface area contributed by atoms with Gasteiger partial charge in [0.25, 0.3) is 0 Å². The molecule has 0 aromatic carbocycles. The lowest BCUT2D eigenvalue weighted by atomic mass is 9.52. The molecule has 3 saturated carbocycles. The standard InChI is InChI=1S/C20H24ClNO/c1-20-10-8-14-13-5-7-18(23)19(21)16(13)4-3-15(14)17(20)6-2-12(20)9-11-22/h9,13-15,17H,2-8,10H2,1H3/t13-,14-,15-,17+,20-/m1/s1. The molecule has 3 heteroatoms. The minimum Gasteiger partial charge on any atom is -0.293 e. The Labute approximate surface area is 143 Å². The molecule has 0 spiro atoms. The van der Waals surface area contributed by atoms with E-state index in [9.17, 15) is 4.79 Å². The van der Waals surface area contributed by atoms with Crippen LogP contribution in [0.5, 0.6) is 0 Å². The fourth-order valence-electron chi connectivity index (χ4n) is 6.40. The highest BCUT2D eigenvalue weighted by molar-refractivity contribution is 6.43. The summed E-state index contributed by atoms with van der Waals surface area (Å²) in [6.07, 6.45) is 10.4. The number of carbonyl (C=O) groups excluding carboxylic acids is 1. The molecule has 4 rings (SSSR count). The molecule has 0 amide bonds. The van der Waals surface area contributed by atoms with Crippen LogP contribution in [-0.4, -0.2) is 5.78 Å². The van der Waals surface area contributed by atoms with Crippen molar-refractivity contribution in [3.8, 4) is 6.07 Å². The van der Waals surface area contributed by atoms with E-state index in [1.165, 1.54) is 36.8 Å². The van der Waals surface area contributed by atoms with Crippen molar-refractivity contribution < 1.29 is 4.79 Å². The van der Waals surface area contributed by atoms with Gasteiger partial charge in [0.15, 0.2) is 5.78 Å². The van der Waals surface area contributed by atoms with Crippen LogP contribution in [-0.2, 0) is 4.79 Å². The van der Waals surface area contributed by atoms with E-state index in [-0.39, 0.29) is 11.2 Å². The van der Waals surface area contributed by atoms with Gasteiger partial charge < -0.3 is 0 Å². The summed E-state index contributed by atoms with van der Waals surface area (Å²) in [4.78, 5) is 11.9. The van der Waals surface area contributed by atoms with Crippen LogP contribution >= 0.6 is 11.6 Å². The van der Waals surface area contributed by atoms with Gasteiger partial charge in [-0.2, -0.15) is 5.26 Å². The van der Waals surface area contributed by atoms with Crippen molar-refractivity contribution in [2.24, 2.45) is 29.1 Å². The molecule has 23 heavy (non-hydrogen) atoms. The lowest BCUT2D eigenvalue weighted by molar-refractivity contribution is -0.116. The molecule has 0 aromatic heterocycles. The molecular formula is C20H24ClNO. The first-order valence-electron chi connectivity index (χ1n) is 9.07. The number of nitrogens with zero attached hydrogens (tertiary/aromatic N) is 1. The second-order valence-corrected chi connectivity index (χ2v) is 8.55. The largest absolute Gasteiger partial charge is 0.293 e. The van der Waals surface area contributed by atoms with Crippen LogP contribution in [0.2, 0.25) is 0 Å². The summed E-state index contributed by atoms with van der Waals surface area (Å²) in [7, 11) is 0. The van der Waals surface area contributed by atoms with Crippen LogP contribution in [0.3, 0.4) is 0 Å². The van der Waals surface area contributed by atoms with Crippen molar-refractivity contribution >= 4 is 17.4 Å². The Morgan fingerprint density at radius 1 is 1.17 bits per heavy atom. The normalized spacial score (nSPS) is 44.6. The zero-order valence-electron chi connectivity index (χ0n) is 13.8. The fraction of sp³-hybridized carbons (Fsp3) is 0.700. The van der Waals surface area contributed by atoms with Gasteiger partial charge in [-0.1, -0.05) is 24.1 Å². The predicted octanol–water partition coefficient (Wildman–Crippen LogP) is 5.14. The van der Waals surface area contributed by atoms with E-state index >= 15 is 0 Å². The zero-order chi connectivity index (χ0) is 16.2. The van der Waals surface area contributed by atoms with Crippen molar-refractivity contribution in [3.63, 3.8) is 0 Å². The van der Waals surface area contributed by atoms with Gasteiger partial charge in [-0.25, -0.2) is 0 Å². The van der Waals surface area contributed by atoms with E-state index in [0.29, 0.717) is 23.3 Å². The number of carbonyl (C=O) groups is 1. The number of allylic oxidation sites excluding steroid dienone is 3. The highest BCUT2D eigenvalue weighted by atomic mass is 35.5. The van der Waals surface area contributed by atoms with Crippen LogP contribution < -0.4 is 0 Å². The van der Waals surface area contributed by atoms with Crippen LogP contribution in [0.15, 0.2) is 22.3 Å². The van der Waals surface area contributed by atoms with Crippen LogP contribution in [0.4, 0.5) is 0 Å². The number of hydrogen-bond donors (Lipinski definition) is 0. The Bertz CT molecular complexity index is 655. The smallest absolute Gasteiger partial charge is 0.174 e. The Morgan fingerprint density at radius 3 is 2.78 bits per heavy atom. The van der Waals surface area contributed by atoms with Gasteiger partial charge in [0.05, 0.1) is 11.1 Å². The summed E-state index contributed by atoms with van der Waals surface area (Å²) >= 11 is 6.36. The Hall–Kier alpha value is -1.07. The third-order valence-corrected chi connectivity index (χ3v) is 7.95. The minimum absolute atomic E-state index is 0.164. The first-order valence-corrected chi connectivity index (χ1v) is 9.45. The summed E-state index contributed by atoms with van der Waals surface area (Å²) in [5.74, 6) is 2.90. The molecule has 4 aliphatic rings. The maximum Gasteiger partial charge on any atom is 0.174 e. The summed E-state index contributed by atoms with van der Waals surface area (Å²) < 4.78 is 0. The van der Waals surface area contributed by atoms with Gasteiger partial charge in [0, 0.05) is 12.5 Å². The molecule has 0 radical (unpaired) electrons. The average Bonchev–Trinajstić information content (AvgIpc) is 2.88. The number of fused-ring (bicyclic) bond motifs is 5. The molecule has 0 saturated heterocycles. The van der Waals surface area contributed by atoms with Crippen molar-refractivity contribution in [1.82, 2.24) is 0 Å². The highest BCUT2D eigenvalue weighted by Gasteiger charge is 2.54. The van der Waals surface area contributed by atoms with Gasteiger partial charge in [-0.15, -0.1) is 0 Å². The molecule has 2 nitrogen and oxygen atoms in total.